The van der Waals surface area contributed by atoms with Gasteiger partial charge in [-0.05, 0) is 68.8 Å². The lowest BCUT2D eigenvalue weighted by Gasteiger charge is -2.51. The highest BCUT2D eigenvalue weighted by molar-refractivity contribution is 6.10. The molecule has 3 aliphatic rings. The van der Waals surface area contributed by atoms with Crippen molar-refractivity contribution in [1.82, 2.24) is 4.90 Å². The number of hydrogen-bond donors (Lipinski definition) is 5. The number of carbonyl (C=O) groups is 2. The second kappa shape index (κ2) is 9.56. The van der Waals surface area contributed by atoms with Crippen LogP contribution in [0.15, 0.2) is 29.0 Å². The van der Waals surface area contributed by atoms with Crippen molar-refractivity contribution in [3.05, 3.63) is 45.7 Å². The Kier molecular flexibility index (Phi) is 6.96. The number of nitrogens with two attached hydrogens (primary N) is 1. The first kappa shape index (κ1) is 26.2. The maximum Gasteiger partial charge on any atom is 0.248 e. The van der Waals surface area contributed by atoms with Crippen LogP contribution in [-0.4, -0.2) is 62.8 Å². The summed E-state index contributed by atoms with van der Waals surface area (Å²) in [6, 6.07) is 2.67. The van der Waals surface area contributed by atoms with Gasteiger partial charge in [-0.15, -0.1) is 0 Å². The molecule has 4 unspecified atom stereocenters. The number of rotatable bonds is 7. The lowest BCUT2D eigenvalue weighted by Crippen LogP contribution is -2.62. The van der Waals surface area contributed by atoms with Crippen LogP contribution in [0, 0.1) is 17.8 Å². The van der Waals surface area contributed by atoms with Crippen molar-refractivity contribution >= 4 is 17.4 Å². The average Bonchev–Trinajstić information content (AvgIpc) is 2.81. The summed E-state index contributed by atoms with van der Waals surface area (Å²) in [4.78, 5) is 27.6. The lowest BCUT2D eigenvalue weighted by molar-refractivity contribution is -0.151. The van der Waals surface area contributed by atoms with Gasteiger partial charge in [0.05, 0.1) is 17.2 Å². The van der Waals surface area contributed by atoms with E-state index >= 15 is 0 Å². The van der Waals surface area contributed by atoms with E-state index in [0.717, 1.165) is 36.8 Å². The van der Waals surface area contributed by atoms with Crippen LogP contribution in [0.25, 0.3) is 5.76 Å². The average molecular weight is 499 g/mol. The predicted molar refractivity (Wildman–Crippen MR) is 136 cm³/mol. The van der Waals surface area contributed by atoms with Crippen LogP contribution in [0.2, 0.25) is 0 Å². The summed E-state index contributed by atoms with van der Waals surface area (Å²) >= 11 is 0. The van der Waals surface area contributed by atoms with Crippen molar-refractivity contribution in [2.24, 2.45) is 23.5 Å². The zero-order chi connectivity index (χ0) is 26.5. The number of phenolic OH excluding ortho intramolecular Hbond substituents is 1. The molecule has 0 aromatic heterocycles. The van der Waals surface area contributed by atoms with Gasteiger partial charge in [0.2, 0.25) is 5.91 Å². The van der Waals surface area contributed by atoms with Gasteiger partial charge in [0.25, 0.3) is 0 Å². The van der Waals surface area contributed by atoms with E-state index in [9.17, 15) is 30.0 Å². The number of ketones is 1. The zero-order valence-electron chi connectivity index (χ0n) is 21.5. The molecule has 36 heavy (non-hydrogen) atoms. The van der Waals surface area contributed by atoms with Crippen LogP contribution in [0.5, 0.6) is 5.75 Å². The molecular formula is C28H38N2O6. The van der Waals surface area contributed by atoms with Crippen molar-refractivity contribution < 1.29 is 30.0 Å². The Morgan fingerprint density at radius 2 is 1.86 bits per heavy atom. The van der Waals surface area contributed by atoms with E-state index in [4.69, 9.17) is 5.73 Å². The molecule has 4 rings (SSSR count). The summed E-state index contributed by atoms with van der Waals surface area (Å²) in [6.07, 6.45) is 4.30. The first-order valence-electron chi connectivity index (χ1n) is 12.9. The molecule has 0 spiro atoms. The van der Waals surface area contributed by atoms with Gasteiger partial charge in [0.1, 0.15) is 22.9 Å². The number of aliphatic hydroxyl groups is 3. The Bertz CT molecular complexity index is 1150. The number of phenols is 1. The van der Waals surface area contributed by atoms with E-state index < -0.39 is 41.6 Å². The summed E-state index contributed by atoms with van der Waals surface area (Å²) in [5.41, 5.74) is 5.51. The summed E-state index contributed by atoms with van der Waals surface area (Å²) < 4.78 is 0. The second-order valence-electron chi connectivity index (χ2n) is 10.9. The Hall–Kier alpha value is -2.84. The van der Waals surface area contributed by atoms with Gasteiger partial charge >= 0.3 is 0 Å². The van der Waals surface area contributed by atoms with E-state index in [2.05, 4.69) is 13.8 Å². The highest BCUT2D eigenvalue weighted by Crippen LogP contribution is 2.53. The molecule has 6 N–H and O–H groups in total. The van der Waals surface area contributed by atoms with Crippen LogP contribution >= 0.6 is 0 Å². The van der Waals surface area contributed by atoms with Gasteiger partial charge in [-0.25, -0.2) is 0 Å². The van der Waals surface area contributed by atoms with Gasteiger partial charge in [-0.2, -0.15) is 0 Å². The summed E-state index contributed by atoms with van der Waals surface area (Å²) in [5, 5.41) is 44.6. The number of benzene rings is 1. The van der Waals surface area contributed by atoms with E-state index in [0.29, 0.717) is 18.8 Å². The summed E-state index contributed by atoms with van der Waals surface area (Å²) in [5.74, 6) is -2.70. The number of fused-ring (bicyclic) bond motifs is 3. The number of primary amides is 1. The summed E-state index contributed by atoms with van der Waals surface area (Å²) in [7, 11) is 3.42. The fraction of sp³-hybridized carbons (Fsp3) is 0.571. The number of amides is 1. The Morgan fingerprint density at radius 1 is 1.19 bits per heavy atom. The van der Waals surface area contributed by atoms with Crippen LogP contribution in [-0.2, 0) is 22.4 Å². The molecule has 1 saturated carbocycles. The van der Waals surface area contributed by atoms with Gasteiger partial charge in [0, 0.05) is 17.9 Å². The maximum atomic E-state index is 13.8. The summed E-state index contributed by atoms with van der Waals surface area (Å²) in [6.45, 7) is 4.35. The van der Waals surface area contributed by atoms with E-state index in [1.807, 2.05) is 6.07 Å². The minimum atomic E-state index is -2.01. The molecule has 196 valence electrons. The minimum Gasteiger partial charge on any atom is -0.510 e. The first-order chi connectivity index (χ1) is 17.0. The molecule has 0 aliphatic heterocycles. The molecule has 0 bridgehead atoms. The van der Waals surface area contributed by atoms with Crippen LogP contribution in [0.1, 0.15) is 62.6 Å². The molecule has 0 heterocycles. The standard InChI is InChI=1S/C28H38N2O6/c1-5-14(6-2)7-8-15-9-10-20(31)22-17(15)11-16-12-19-23(30(3)4)24(32)18(27(29)35)13-28(19,36)26(34)21(16)25(22)33/h9-10,14,16,19,23,31-33,36H,5-8,11-13H2,1-4H3,(H2,29,35). The van der Waals surface area contributed by atoms with Crippen molar-refractivity contribution in [2.75, 3.05) is 14.1 Å². The lowest BCUT2D eigenvalue weighted by atomic mass is 9.57. The van der Waals surface area contributed by atoms with E-state index in [1.54, 1.807) is 25.1 Å². The normalized spacial score (nSPS) is 27.9. The third kappa shape index (κ3) is 4.00. The highest BCUT2D eigenvalue weighted by atomic mass is 16.3. The molecule has 8 nitrogen and oxygen atoms in total. The number of nitrogens with zero attached hydrogens (tertiary/aromatic N) is 1. The number of likely N-dealkylation sites (N-methyl/N-ethyl adjacent to an activating group) is 1. The van der Waals surface area contributed by atoms with Crippen molar-refractivity contribution in [3.63, 3.8) is 0 Å². The number of hydrogen-bond acceptors (Lipinski definition) is 7. The third-order valence-corrected chi connectivity index (χ3v) is 8.78. The molecular weight excluding hydrogens is 460 g/mol. The van der Waals surface area contributed by atoms with Crippen molar-refractivity contribution in [1.29, 1.82) is 0 Å². The molecule has 3 aliphatic carbocycles. The van der Waals surface area contributed by atoms with Gasteiger partial charge in [-0.1, -0.05) is 32.8 Å². The van der Waals surface area contributed by atoms with Gasteiger partial charge in [-0.3, -0.25) is 14.5 Å². The van der Waals surface area contributed by atoms with Crippen molar-refractivity contribution in [3.8, 4) is 5.75 Å². The molecule has 0 radical (unpaired) electrons. The van der Waals surface area contributed by atoms with E-state index in [-0.39, 0.29) is 34.0 Å². The zero-order valence-corrected chi connectivity index (χ0v) is 21.5. The Labute approximate surface area is 212 Å². The second-order valence-corrected chi connectivity index (χ2v) is 10.9. The number of aromatic hydroxyl groups is 1. The van der Waals surface area contributed by atoms with Crippen LogP contribution in [0.4, 0.5) is 0 Å². The highest BCUT2D eigenvalue weighted by Gasteiger charge is 2.60. The monoisotopic (exact) mass is 498 g/mol. The Morgan fingerprint density at radius 3 is 2.44 bits per heavy atom. The quantitative estimate of drug-likeness (QED) is 0.388. The topological polar surface area (TPSA) is 144 Å². The first-order valence-corrected chi connectivity index (χ1v) is 12.9. The SMILES string of the molecule is CCC(CC)CCc1ccc(O)c2c1CC1CC3C(N(C)C)C(O)=C(C(N)=O)CC3(O)C(=O)C1=C2O. The number of aryl methyl sites for hydroxylation is 1. The molecule has 1 aromatic carbocycles. The molecule has 1 amide bonds. The molecule has 1 aromatic rings. The van der Waals surface area contributed by atoms with Gasteiger partial charge in [0.15, 0.2) is 5.78 Å². The number of Topliss-reactive ketones (excluding diaryl/α,β-unsaturated/α-hetero) is 1. The molecule has 4 atom stereocenters. The predicted octanol–water partition coefficient (Wildman–Crippen LogP) is 3.15. The van der Waals surface area contributed by atoms with Crippen molar-refractivity contribution in [2.45, 2.75) is 70.4 Å². The maximum absolute atomic E-state index is 13.8. The molecule has 0 saturated heterocycles. The minimum absolute atomic E-state index is 0.0800. The number of carbonyl (C=O) groups excluding carboxylic acids is 2. The van der Waals surface area contributed by atoms with Crippen LogP contribution < -0.4 is 5.73 Å². The fourth-order valence-corrected chi connectivity index (χ4v) is 6.69. The molecule has 8 heteroatoms. The van der Waals surface area contributed by atoms with Crippen LogP contribution in [0.3, 0.4) is 0 Å². The largest absolute Gasteiger partial charge is 0.510 e. The third-order valence-electron chi connectivity index (χ3n) is 8.78. The van der Waals surface area contributed by atoms with Gasteiger partial charge < -0.3 is 26.2 Å². The number of aliphatic hydroxyl groups excluding tert-OH is 2. The Balaban J connectivity index is 1.81. The molecule has 1 fully saturated rings. The fourth-order valence-electron chi connectivity index (χ4n) is 6.69. The smallest absolute Gasteiger partial charge is 0.248 e. The van der Waals surface area contributed by atoms with E-state index in [1.165, 1.54) is 0 Å².